The molecule has 2 nitrogen and oxygen atoms in total. The Hall–Kier alpha value is -2.22. The van der Waals surface area contributed by atoms with Gasteiger partial charge in [0.05, 0.1) is 0 Å². The van der Waals surface area contributed by atoms with Crippen molar-refractivity contribution < 1.29 is 0 Å². The average Bonchev–Trinajstić information content (AvgIpc) is 2.39. The molecule has 19 heavy (non-hydrogen) atoms. The molecule has 0 aliphatic rings. The van der Waals surface area contributed by atoms with Crippen LogP contribution in [-0.2, 0) is 6.42 Å². The summed E-state index contributed by atoms with van der Waals surface area (Å²) in [6.07, 6.45) is 6.47. The average molecular weight is 254 g/mol. The van der Waals surface area contributed by atoms with E-state index in [9.17, 15) is 0 Å². The molecule has 1 aromatic carbocycles. The van der Waals surface area contributed by atoms with Crippen LogP contribution in [-0.4, -0.2) is 0 Å². The number of hydrogen-bond acceptors (Lipinski definition) is 2. The van der Waals surface area contributed by atoms with E-state index in [-0.39, 0.29) is 0 Å². The highest BCUT2D eigenvalue weighted by Crippen LogP contribution is 2.13. The third-order valence-electron chi connectivity index (χ3n) is 2.72. The van der Waals surface area contributed by atoms with Gasteiger partial charge >= 0.3 is 0 Å². The van der Waals surface area contributed by atoms with Crippen LogP contribution >= 0.6 is 0 Å². The van der Waals surface area contributed by atoms with Crippen molar-refractivity contribution in [2.24, 2.45) is 5.73 Å². The van der Waals surface area contributed by atoms with E-state index in [0.29, 0.717) is 5.70 Å². The zero-order chi connectivity index (χ0) is 14.3. The molecule has 0 aliphatic carbocycles. The van der Waals surface area contributed by atoms with Crippen LogP contribution in [0.25, 0.3) is 0 Å². The van der Waals surface area contributed by atoms with Gasteiger partial charge in [-0.1, -0.05) is 38.3 Å². The summed E-state index contributed by atoms with van der Waals surface area (Å²) >= 11 is 0. The topological polar surface area (TPSA) is 38.0 Å². The minimum atomic E-state index is 0.653. The number of anilines is 1. The molecule has 0 radical (unpaired) electrons. The third-order valence-corrected chi connectivity index (χ3v) is 2.72. The van der Waals surface area contributed by atoms with Crippen molar-refractivity contribution in [3.8, 4) is 0 Å². The Morgan fingerprint density at radius 1 is 1.26 bits per heavy atom. The maximum atomic E-state index is 5.89. The Labute approximate surface area is 116 Å². The van der Waals surface area contributed by atoms with Gasteiger partial charge in [0.15, 0.2) is 0 Å². The summed E-state index contributed by atoms with van der Waals surface area (Å²) in [6.45, 7) is 11.7. The maximum Gasteiger partial charge on any atom is 0.0384 e. The smallest absolute Gasteiger partial charge is 0.0384 e. The fourth-order valence-corrected chi connectivity index (χ4v) is 1.61. The predicted octanol–water partition coefficient (Wildman–Crippen LogP) is 4.15. The lowest BCUT2D eigenvalue weighted by Gasteiger charge is -2.07. The normalized spacial score (nSPS) is 12.1. The maximum absolute atomic E-state index is 5.89. The van der Waals surface area contributed by atoms with Gasteiger partial charge in [-0.25, -0.2) is 0 Å². The first kappa shape index (κ1) is 14.8. The van der Waals surface area contributed by atoms with Crippen molar-refractivity contribution in [1.29, 1.82) is 0 Å². The van der Waals surface area contributed by atoms with Crippen LogP contribution in [0.5, 0.6) is 0 Å². The predicted molar refractivity (Wildman–Crippen MR) is 84.8 cm³/mol. The minimum Gasteiger partial charge on any atom is -0.399 e. The van der Waals surface area contributed by atoms with Gasteiger partial charge in [0, 0.05) is 17.1 Å². The third kappa shape index (κ3) is 5.30. The monoisotopic (exact) mass is 254 g/mol. The first-order chi connectivity index (χ1) is 9.05. The molecule has 0 saturated heterocycles. The van der Waals surface area contributed by atoms with Crippen LogP contribution in [0.15, 0.2) is 72.6 Å². The summed E-state index contributed by atoms with van der Waals surface area (Å²) in [4.78, 5) is 0. The van der Waals surface area contributed by atoms with Crippen LogP contribution in [0, 0.1) is 0 Å². The zero-order valence-electron chi connectivity index (χ0n) is 11.7. The van der Waals surface area contributed by atoms with Gasteiger partial charge in [-0.2, -0.15) is 0 Å². The molecule has 3 N–H and O–H groups in total. The Bertz CT molecular complexity index is 505. The van der Waals surface area contributed by atoms with E-state index in [1.54, 1.807) is 12.2 Å². The molecule has 0 heterocycles. The molecular formula is C17H22N2. The zero-order valence-corrected chi connectivity index (χ0v) is 11.7. The number of nitrogens with two attached hydrogens (primary N) is 1. The largest absolute Gasteiger partial charge is 0.399 e. The Kier molecular flexibility index (Phi) is 5.68. The van der Waals surface area contributed by atoms with Gasteiger partial charge in [-0.15, -0.1) is 0 Å². The standard InChI is InChI=1S/C17H22N2/c1-5-13(3)11-16(18)12-14(4)19-17-9-7-15(6-2)8-10-17/h5,7-12,19H,1,4,6,18H2,2-3H3/b13-11+,16-12+. The first-order valence-electron chi connectivity index (χ1n) is 6.38. The van der Waals surface area contributed by atoms with Crippen LogP contribution in [0.3, 0.4) is 0 Å². The molecule has 0 spiro atoms. The number of rotatable bonds is 6. The highest BCUT2D eigenvalue weighted by atomic mass is 14.9. The second kappa shape index (κ2) is 7.27. The van der Waals surface area contributed by atoms with E-state index in [1.807, 2.05) is 25.1 Å². The summed E-state index contributed by atoms with van der Waals surface area (Å²) in [5.74, 6) is 0. The minimum absolute atomic E-state index is 0.653. The fraction of sp³-hybridized carbons (Fsp3) is 0.176. The number of aryl methyl sites for hydroxylation is 1. The molecule has 0 unspecified atom stereocenters. The number of nitrogens with one attached hydrogen (secondary N) is 1. The Balaban J connectivity index is 2.68. The van der Waals surface area contributed by atoms with E-state index in [1.165, 1.54) is 5.56 Å². The molecule has 1 aromatic rings. The van der Waals surface area contributed by atoms with Gasteiger partial charge in [0.25, 0.3) is 0 Å². The van der Waals surface area contributed by atoms with Crippen molar-refractivity contribution in [3.63, 3.8) is 0 Å². The summed E-state index contributed by atoms with van der Waals surface area (Å²) in [5.41, 5.74) is 10.6. The summed E-state index contributed by atoms with van der Waals surface area (Å²) in [6, 6.07) is 8.28. The molecule has 0 bridgehead atoms. The van der Waals surface area contributed by atoms with Crippen LogP contribution in [0.4, 0.5) is 5.69 Å². The van der Waals surface area contributed by atoms with E-state index >= 15 is 0 Å². The van der Waals surface area contributed by atoms with Crippen molar-refractivity contribution in [2.45, 2.75) is 20.3 Å². The van der Waals surface area contributed by atoms with E-state index in [4.69, 9.17) is 5.73 Å². The van der Waals surface area contributed by atoms with E-state index in [0.717, 1.165) is 23.4 Å². The molecule has 0 aromatic heterocycles. The second-order valence-corrected chi connectivity index (χ2v) is 4.44. The molecule has 100 valence electrons. The lowest BCUT2D eigenvalue weighted by Crippen LogP contribution is -2.00. The van der Waals surface area contributed by atoms with Gasteiger partial charge in [-0.3, -0.25) is 0 Å². The van der Waals surface area contributed by atoms with Crippen LogP contribution in [0.1, 0.15) is 19.4 Å². The molecule has 2 heteroatoms. The van der Waals surface area contributed by atoms with E-state index in [2.05, 4.69) is 37.5 Å². The highest BCUT2D eigenvalue weighted by Gasteiger charge is 1.95. The summed E-state index contributed by atoms with van der Waals surface area (Å²) in [7, 11) is 0. The van der Waals surface area contributed by atoms with Crippen LogP contribution in [0.2, 0.25) is 0 Å². The molecule has 0 fully saturated rings. The summed E-state index contributed by atoms with van der Waals surface area (Å²) < 4.78 is 0. The molecule has 0 amide bonds. The lowest BCUT2D eigenvalue weighted by molar-refractivity contribution is 1.14. The first-order valence-corrected chi connectivity index (χ1v) is 6.38. The van der Waals surface area contributed by atoms with Crippen molar-refractivity contribution in [2.75, 3.05) is 5.32 Å². The van der Waals surface area contributed by atoms with Gasteiger partial charge in [-0.05, 0) is 48.8 Å². The van der Waals surface area contributed by atoms with E-state index < -0.39 is 0 Å². The van der Waals surface area contributed by atoms with Crippen molar-refractivity contribution in [1.82, 2.24) is 0 Å². The van der Waals surface area contributed by atoms with Crippen molar-refractivity contribution in [3.05, 3.63) is 78.2 Å². The lowest BCUT2D eigenvalue weighted by atomic mass is 10.1. The molecule has 0 saturated carbocycles. The molecule has 0 aliphatic heterocycles. The van der Waals surface area contributed by atoms with Crippen LogP contribution < -0.4 is 11.1 Å². The fourth-order valence-electron chi connectivity index (χ4n) is 1.61. The SMILES string of the molecule is C=C/C(C)=C/C(N)=C\C(=C)Nc1ccc(CC)cc1. The van der Waals surface area contributed by atoms with Gasteiger partial charge in [0.2, 0.25) is 0 Å². The van der Waals surface area contributed by atoms with Gasteiger partial charge < -0.3 is 11.1 Å². The summed E-state index contributed by atoms with van der Waals surface area (Å²) in [5, 5.41) is 3.21. The Morgan fingerprint density at radius 2 is 1.89 bits per heavy atom. The highest BCUT2D eigenvalue weighted by molar-refractivity contribution is 5.51. The Morgan fingerprint density at radius 3 is 2.42 bits per heavy atom. The molecular weight excluding hydrogens is 232 g/mol. The molecule has 0 atom stereocenters. The van der Waals surface area contributed by atoms with Gasteiger partial charge in [0.1, 0.15) is 0 Å². The number of allylic oxidation sites excluding steroid dienone is 4. The second-order valence-electron chi connectivity index (χ2n) is 4.44. The molecule has 1 rings (SSSR count). The number of benzene rings is 1. The van der Waals surface area contributed by atoms with Crippen molar-refractivity contribution >= 4 is 5.69 Å². The quantitative estimate of drug-likeness (QED) is 0.748. The number of hydrogen-bond donors (Lipinski definition) is 2.